The van der Waals surface area contributed by atoms with Crippen molar-refractivity contribution < 1.29 is 21.7 Å². The number of aryl methyl sites for hydroxylation is 1. The standard InChI is InChI=1S/C15H18NO.ClH/c1-3-14-6-4-5-11-16(14)12-13-7-9-15(17-2)10-8-13;/h4-11H,3,12H2,1-2H3;1H/q+1;/p-1. The maximum absolute atomic E-state index is 5.16. The molecule has 0 saturated carbocycles. The zero-order chi connectivity index (χ0) is 12.1. The Balaban J connectivity index is 0.00000162. The van der Waals surface area contributed by atoms with Crippen LogP contribution >= 0.6 is 0 Å². The van der Waals surface area contributed by atoms with Crippen molar-refractivity contribution in [2.45, 2.75) is 19.9 Å². The Labute approximate surface area is 115 Å². The largest absolute Gasteiger partial charge is 1.00 e. The number of ether oxygens (including phenoxy) is 1. The third-order valence-corrected chi connectivity index (χ3v) is 2.91. The van der Waals surface area contributed by atoms with Crippen LogP contribution in [0.2, 0.25) is 0 Å². The Bertz CT molecular complexity index is 482. The minimum Gasteiger partial charge on any atom is -1.00 e. The van der Waals surface area contributed by atoms with E-state index in [1.807, 2.05) is 12.1 Å². The van der Waals surface area contributed by atoms with Crippen LogP contribution < -0.4 is 21.7 Å². The molecule has 2 nitrogen and oxygen atoms in total. The Hall–Kier alpha value is -1.54. The summed E-state index contributed by atoms with van der Waals surface area (Å²) in [5.74, 6) is 0.905. The average Bonchev–Trinajstić information content (AvgIpc) is 2.40. The summed E-state index contributed by atoms with van der Waals surface area (Å²) in [7, 11) is 1.69. The Kier molecular flexibility index (Phi) is 5.66. The summed E-state index contributed by atoms with van der Waals surface area (Å²) in [4.78, 5) is 0. The van der Waals surface area contributed by atoms with Crippen molar-refractivity contribution >= 4 is 0 Å². The summed E-state index contributed by atoms with van der Waals surface area (Å²) in [5, 5.41) is 0. The number of rotatable bonds is 4. The molecule has 0 aliphatic carbocycles. The minimum absolute atomic E-state index is 0. The molecule has 0 spiro atoms. The summed E-state index contributed by atoms with van der Waals surface area (Å²) in [6.07, 6.45) is 3.18. The molecule has 1 aromatic heterocycles. The molecule has 18 heavy (non-hydrogen) atoms. The molecule has 1 heterocycles. The third-order valence-electron chi connectivity index (χ3n) is 2.91. The van der Waals surface area contributed by atoms with Crippen molar-refractivity contribution in [1.29, 1.82) is 0 Å². The van der Waals surface area contributed by atoms with Gasteiger partial charge in [0, 0.05) is 24.1 Å². The highest BCUT2D eigenvalue weighted by Crippen LogP contribution is 2.11. The van der Waals surface area contributed by atoms with E-state index in [0.29, 0.717) is 0 Å². The lowest BCUT2D eigenvalue weighted by atomic mass is 10.2. The van der Waals surface area contributed by atoms with Crippen LogP contribution in [-0.4, -0.2) is 7.11 Å². The summed E-state index contributed by atoms with van der Waals surface area (Å²) in [5.41, 5.74) is 2.64. The second-order valence-corrected chi connectivity index (χ2v) is 4.02. The van der Waals surface area contributed by atoms with Gasteiger partial charge in [-0.15, -0.1) is 0 Å². The molecule has 2 rings (SSSR count). The normalized spacial score (nSPS) is 9.67. The van der Waals surface area contributed by atoms with Crippen LogP contribution in [0.15, 0.2) is 48.7 Å². The van der Waals surface area contributed by atoms with Gasteiger partial charge in [0.05, 0.1) is 7.11 Å². The summed E-state index contributed by atoms with van der Waals surface area (Å²) < 4.78 is 7.44. The highest BCUT2D eigenvalue weighted by atomic mass is 35.5. The molecule has 96 valence electrons. The topological polar surface area (TPSA) is 13.1 Å². The van der Waals surface area contributed by atoms with E-state index in [0.717, 1.165) is 18.7 Å². The molecule has 0 amide bonds. The molecule has 0 fully saturated rings. The number of nitrogens with zero attached hydrogens (tertiary/aromatic N) is 1. The minimum atomic E-state index is 0. The molecule has 0 radical (unpaired) electrons. The van der Waals surface area contributed by atoms with E-state index < -0.39 is 0 Å². The molecule has 1 aromatic carbocycles. The fourth-order valence-electron chi connectivity index (χ4n) is 1.91. The van der Waals surface area contributed by atoms with Crippen LogP contribution in [0.4, 0.5) is 0 Å². The van der Waals surface area contributed by atoms with Crippen molar-refractivity contribution in [3.8, 4) is 5.75 Å². The van der Waals surface area contributed by atoms with Crippen LogP contribution in [0.1, 0.15) is 18.2 Å². The zero-order valence-electron chi connectivity index (χ0n) is 10.8. The Morgan fingerprint density at radius 3 is 2.39 bits per heavy atom. The van der Waals surface area contributed by atoms with Crippen LogP contribution in [0.25, 0.3) is 0 Å². The summed E-state index contributed by atoms with van der Waals surface area (Å²) in [6, 6.07) is 14.6. The number of hydrogen-bond donors (Lipinski definition) is 0. The van der Waals surface area contributed by atoms with Gasteiger partial charge in [0.2, 0.25) is 0 Å². The van der Waals surface area contributed by atoms with Crippen LogP contribution in [0, 0.1) is 0 Å². The van der Waals surface area contributed by atoms with E-state index in [1.165, 1.54) is 11.3 Å². The van der Waals surface area contributed by atoms with Gasteiger partial charge in [0.15, 0.2) is 18.4 Å². The van der Waals surface area contributed by atoms with Gasteiger partial charge in [-0.05, 0) is 24.3 Å². The molecule has 0 aliphatic rings. The maximum atomic E-state index is 5.16. The lowest BCUT2D eigenvalue weighted by molar-refractivity contribution is -0.695. The second kappa shape index (κ2) is 7.02. The van der Waals surface area contributed by atoms with Crippen molar-refractivity contribution in [1.82, 2.24) is 0 Å². The van der Waals surface area contributed by atoms with Gasteiger partial charge < -0.3 is 17.1 Å². The van der Waals surface area contributed by atoms with Gasteiger partial charge in [0.25, 0.3) is 0 Å². The SMILES string of the molecule is CCc1cccc[n+]1Cc1ccc(OC)cc1.[Cl-]. The Morgan fingerprint density at radius 1 is 1.06 bits per heavy atom. The molecule has 0 aliphatic heterocycles. The summed E-state index contributed by atoms with van der Waals surface area (Å²) in [6.45, 7) is 3.09. The van der Waals surface area contributed by atoms with E-state index in [4.69, 9.17) is 4.74 Å². The van der Waals surface area contributed by atoms with Gasteiger partial charge in [-0.25, -0.2) is 0 Å². The van der Waals surface area contributed by atoms with E-state index in [-0.39, 0.29) is 12.4 Å². The molecular weight excluding hydrogens is 246 g/mol. The third kappa shape index (κ3) is 3.47. The first kappa shape index (κ1) is 14.5. The highest BCUT2D eigenvalue weighted by molar-refractivity contribution is 5.26. The number of hydrogen-bond acceptors (Lipinski definition) is 1. The molecule has 2 aromatic rings. The predicted molar refractivity (Wildman–Crippen MR) is 68.1 cm³/mol. The molecule has 0 saturated heterocycles. The fraction of sp³-hybridized carbons (Fsp3) is 0.267. The first-order valence-electron chi connectivity index (χ1n) is 5.93. The number of pyridine rings is 1. The molecule has 0 atom stereocenters. The zero-order valence-corrected chi connectivity index (χ0v) is 11.5. The van der Waals surface area contributed by atoms with E-state index in [2.05, 4.69) is 48.0 Å². The van der Waals surface area contributed by atoms with Crippen LogP contribution in [0.3, 0.4) is 0 Å². The lowest BCUT2D eigenvalue weighted by Crippen LogP contribution is -3.00. The predicted octanol–water partition coefficient (Wildman–Crippen LogP) is -0.403. The van der Waals surface area contributed by atoms with Crippen molar-refractivity contribution in [2.24, 2.45) is 0 Å². The molecular formula is C15H18ClNO. The van der Waals surface area contributed by atoms with Crippen LogP contribution in [0.5, 0.6) is 5.75 Å². The van der Waals surface area contributed by atoms with Crippen LogP contribution in [-0.2, 0) is 13.0 Å². The number of aromatic nitrogens is 1. The molecule has 3 heteroatoms. The van der Waals surface area contributed by atoms with Gasteiger partial charge in [-0.3, -0.25) is 0 Å². The van der Waals surface area contributed by atoms with Crippen molar-refractivity contribution in [3.05, 3.63) is 59.9 Å². The average molecular weight is 264 g/mol. The monoisotopic (exact) mass is 263 g/mol. The quantitative estimate of drug-likeness (QED) is 0.684. The molecule has 0 bridgehead atoms. The Morgan fingerprint density at radius 2 is 1.78 bits per heavy atom. The molecule has 0 N–H and O–H groups in total. The van der Waals surface area contributed by atoms with Gasteiger partial charge in [-0.1, -0.05) is 13.0 Å². The van der Waals surface area contributed by atoms with Crippen molar-refractivity contribution in [3.63, 3.8) is 0 Å². The summed E-state index contributed by atoms with van der Waals surface area (Å²) >= 11 is 0. The highest BCUT2D eigenvalue weighted by Gasteiger charge is 2.07. The maximum Gasteiger partial charge on any atom is 0.181 e. The first-order chi connectivity index (χ1) is 8.33. The lowest BCUT2D eigenvalue weighted by Gasteiger charge is -2.03. The smallest absolute Gasteiger partial charge is 0.181 e. The fourth-order valence-corrected chi connectivity index (χ4v) is 1.91. The van der Waals surface area contributed by atoms with Gasteiger partial charge in [-0.2, -0.15) is 4.57 Å². The first-order valence-corrected chi connectivity index (χ1v) is 5.93. The second-order valence-electron chi connectivity index (χ2n) is 4.02. The molecule has 0 unspecified atom stereocenters. The van der Waals surface area contributed by atoms with E-state index in [9.17, 15) is 0 Å². The number of halogens is 1. The van der Waals surface area contributed by atoms with Gasteiger partial charge in [0.1, 0.15) is 5.75 Å². The van der Waals surface area contributed by atoms with E-state index in [1.54, 1.807) is 7.11 Å². The van der Waals surface area contributed by atoms with Gasteiger partial charge >= 0.3 is 0 Å². The number of methoxy groups -OCH3 is 1. The van der Waals surface area contributed by atoms with Crippen molar-refractivity contribution in [2.75, 3.05) is 7.11 Å². The van der Waals surface area contributed by atoms with E-state index >= 15 is 0 Å². The number of benzene rings is 1.